The summed E-state index contributed by atoms with van der Waals surface area (Å²) >= 11 is 1.46. The number of hydrogen-bond acceptors (Lipinski definition) is 7. The molecule has 1 aliphatic rings. The lowest BCUT2D eigenvalue weighted by Gasteiger charge is -2.22. The van der Waals surface area contributed by atoms with Crippen LogP contribution in [0.15, 0.2) is 17.9 Å². The molecule has 0 bridgehead atoms. The minimum absolute atomic E-state index is 0.727. The lowest BCUT2D eigenvalue weighted by atomic mass is 9.93. The van der Waals surface area contributed by atoms with E-state index < -0.39 is 0 Å². The third kappa shape index (κ3) is 3.45. The average Bonchev–Trinajstić information content (AvgIpc) is 2.93. The molecule has 0 unspecified atom stereocenters. The summed E-state index contributed by atoms with van der Waals surface area (Å²) in [5, 5.41) is 15.0. The van der Waals surface area contributed by atoms with Crippen LogP contribution in [0.4, 0.5) is 10.9 Å². The molecular weight excluding hydrogens is 260 g/mol. The predicted octanol–water partition coefficient (Wildman–Crippen LogP) is 1.61. The van der Waals surface area contributed by atoms with Crippen LogP contribution in [0.25, 0.3) is 0 Å². The summed E-state index contributed by atoms with van der Waals surface area (Å²) in [6, 6.07) is 2.00. The van der Waals surface area contributed by atoms with Gasteiger partial charge in [0.15, 0.2) is 0 Å². The summed E-state index contributed by atoms with van der Waals surface area (Å²) in [6.07, 6.45) is 5.08. The molecule has 7 heteroatoms. The Labute approximate surface area is 115 Å². The molecule has 0 aliphatic carbocycles. The van der Waals surface area contributed by atoms with Crippen molar-refractivity contribution in [2.45, 2.75) is 19.3 Å². The molecule has 0 atom stereocenters. The summed E-state index contributed by atoms with van der Waals surface area (Å²) in [5.41, 5.74) is 2.79. The first-order valence-electron chi connectivity index (χ1n) is 6.45. The molecule has 2 aromatic rings. The lowest BCUT2D eigenvalue weighted by molar-refractivity contribution is 0.370. The van der Waals surface area contributed by atoms with E-state index in [0.717, 1.165) is 42.1 Å². The molecule has 1 aliphatic heterocycles. The van der Waals surface area contributed by atoms with Gasteiger partial charge in [-0.05, 0) is 38.3 Å². The Bertz CT molecular complexity index is 509. The molecule has 2 N–H and O–H groups in total. The van der Waals surface area contributed by atoms with Crippen LogP contribution < -0.4 is 10.6 Å². The SMILES string of the molecule is c1nc(CC2CCNCC2)cc(Nc2nncs2)n1. The molecule has 1 saturated heterocycles. The van der Waals surface area contributed by atoms with E-state index in [1.807, 2.05) is 6.07 Å². The van der Waals surface area contributed by atoms with Crippen LogP contribution in [0.3, 0.4) is 0 Å². The van der Waals surface area contributed by atoms with Crippen molar-refractivity contribution in [2.24, 2.45) is 5.92 Å². The second kappa shape index (κ2) is 6.03. The second-order valence-electron chi connectivity index (χ2n) is 4.66. The van der Waals surface area contributed by atoms with Gasteiger partial charge in [0, 0.05) is 11.8 Å². The minimum Gasteiger partial charge on any atom is -0.317 e. The smallest absolute Gasteiger partial charge is 0.210 e. The predicted molar refractivity (Wildman–Crippen MR) is 74.5 cm³/mol. The standard InChI is InChI=1S/C12H16N6S/c1-3-13-4-2-9(1)5-10-6-11(15-7-14-10)17-12-18-16-8-19-12/h6-9,13H,1-5H2,(H,14,15,17,18). The van der Waals surface area contributed by atoms with Gasteiger partial charge >= 0.3 is 0 Å². The molecule has 1 fully saturated rings. The Kier molecular flexibility index (Phi) is 3.95. The Morgan fingerprint density at radius 1 is 1.32 bits per heavy atom. The minimum atomic E-state index is 0.727. The number of hydrogen-bond donors (Lipinski definition) is 2. The first-order chi connectivity index (χ1) is 9.40. The topological polar surface area (TPSA) is 75.6 Å². The van der Waals surface area contributed by atoms with Crippen molar-refractivity contribution in [3.63, 3.8) is 0 Å². The van der Waals surface area contributed by atoms with Gasteiger partial charge in [0.25, 0.3) is 0 Å². The van der Waals surface area contributed by atoms with Crippen LogP contribution in [0, 0.1) is 5.92 Å². The van der Waals surface area contributed by atoms with Gasteiger partial charge in [-0.15, -0.1) is 10.2 Å². The van der Waals surface area contributed by atoms with Gasteiger partial charge < -0.3 is 10.6 Å². The van der Waals surface area contributed by atoms with E-state index in [4.69, 9.17) is 0 Å². The van der Waals surface area contributed by atoms with Gasteiger partial charge in [0.1, 0.15) is 17.7 Å². The summed E-state index contributed by atoms with van der Waals surface area (Å²) < 4.78 is 0. The zero-order valence-corrected chi connectivity index (χ0v) is 11.4. The molecule has 6 nitrogen and oxygen atoms in total. The molecule has 0 saturated carbocycles. The van der Waals surface area contributed by atoms with Gasteiger partial charge in [0.2, 0.25) is 5.13 Å². The first kappa shape index (κ1) is 12.4. The Balaban J connectivity index is 1.65. The van der Waals surface area contributed by atoms with Gasteiger partial charge in [-0.2, -0.15) is 0 Å². The molecule has 3 rings (SSSR count). The molecule has 0 aromatic carbocycles. The Morgan fingerprint density at radius 2 is 2.21 bits per heavy atom. The summed E-state index contributed by atoms with van der Waals surface area (Å²) in [4.78, 5) is 8.57. The number of rotatable bonds is 4. The van der Waals surface area contributed by atoms with Crippen LogP contribution in [0.5, 0.6) is 0 Å². The van der Waals surface area contributed by atoms with Crippen molar-refractivity contribution < 1.29 is 0 Å². The van der Waals surface area contributed by atoms with Crippen LogP contribution in [0.2, 0.25) is 0 Å². The van der Waals surface area contributed by atoms with E-state index in [2.05, 4.69) is 30.8 Å². The second-order valence-corrected chi connectivity index (χ2v) is 5.49. The lowest BCUT2D eigenvalue weighted by Crippen LogP contribution is -2.28. The molecule has 0 amide bonds. The van der Waals surface area contributed by atoms with Crippen LogP contribution in [-0.2, 0) is 6.42 Å². The van der Waals surface area contributed by atoms with Gasteiger partial charge in [-0.1, -0.05) is 11.3 Å². The van der Waals surface area contributed by atoms with Gasteiger partial charge in [-0.25, -0.2) is 9.97 Å². The highest BCUT2D eigenvalue weighted by Gasteiger charge is 2.14. The number of nitrogens with zero attached hydrogens (tertiary/aromatic N) is 4. The molecule has 19 heavy (non-hydrogen) atoms. The van der Waals surface area contributed by atoms with E-state index in [9.17, 15) is 0 Å². The third-order valence-electron chi connectivity index (χ3n) is 3.28. The summed E-state index contributed by atoms with van der Waals surface area (Å²) in [6.45, 7) is 2.23. The largest absolute Gasteiger partial charge is 0.317 e. The van der Waals surface area contributed by atoms with E-state index in [1.54, 1.807) is 11.8 Å². The van der Waals surface area contributed by atoms with Crippen molar-refractivity contribution in [3.05, 3.63) is 23.6 Å². The van der Waals surface area contributed by atoms with E-state index in [1.165, 1.54) is 24.2 Å². The van der Waals surface area contributed by atoms with Crippen molar-refractivity contribution >= 4 is 22.3 Å². The summed E-state index contributed by atoms with van der Waals surface area (Å²) in [7, 11) is 0. The average molecular weight is 276 g/mol. The third-order valence-corrected chi connectivity index (χ3v) is 3.88. The highest BCUT2D eigenvalue weighted by atomic mass is 32.1. The van der Waals surface area contributed by atoms with Gasteiger partial charge in [-0.3, -0.25) is 0 Å². The monoisotopic (exact) mass is 276 g/mol. The van der Waals surface area contributed by atoms with E-state index in [0.29, 0.717) is 0 Å². The molecular formula is C12H16N6S. The van der Waals surface area contributed by atoms with E-state index >= 15 is 0 Å². The molecule has 2 aromatic heterocycles. The summed E-state index contributed by atoms with van der Waals surface area (Å²) in [5.74, 6) is 1.52. The number of nitrogens with one attached hydrogen (secondary N) is 2. The maximum Gasteiger partial charge on any atom is 0.210 e. The Hall–Kier alpha value is -1.60. The van der Waals surface area contributed by atoms with E-state index in [-0.39, 0.29) is 0 Å². The number of aromatic nitrogens is 4. The first-order valence-corrected chi connectivity index (χ1v) is 7.33. The van der Waals surface area contributed by atoms with Gasteiger partial charge in [0.05, 0.1) is 0 Å². The fourth-order valence-corrected chi connectivity index (χ4v) is 2.75. The van der Waals surface area contributed by atoms with Crippen LogP contribution in [-0.4, -0.2) is 33.3 Å². The molecule has 0 radical (unpaired) electrons. The molecule has 100 valence electrons. The maximum atomic E-state index is 4.36. The van der Waals surface area contributed by atoms with Crippen LogP contribution in [0.1, 0.15) is 18.5 Å². The fraction of sp³-hybridized carbons (Fsp3) is 0.500. The van der Waals surface area contributed by atoms with Crippen molar-refractivity contribution in [1.82, 2.24) is 25.5 Å². The molecule has 0 spiro atoms. The Morgan fingerprint density at radius 3 is 3.00 bits per heavy atom. The van der Waals surface area contributed by atoms with Crippen LogP contribution >= 0.6 is 11.3 Å². The van der Waals surface area contributed by atoms with Crippen molar-refractivity contribution in [2.75, 3.05) is 18.4 Å². The fourth-order valence-electron chi connectivity index (χ4n) is 2.30. The normalized spacial score (nSPS) is 16.4. The highest BCUT2D eigenvalue weighted by Crippen LogP contribution is 2.19. The van der Waals surface area contributed by atoms with Crippen molar-refractivity contribution in [1.29, 1.82) is 0 Å². The molecule has 3 heterocycles. The number of piperidine rings is 1. The maximum absolute atomic E-state index is 4.36. The number of anilines is 2. The zero-order valence-electron chi connectivity index (χ0n) is 10.5. The highest BCUT2D eigenvalue weighted by molar-refractivity contribution is 7.13. The quantitative estimate of drug-likeness (QED) is 0.883. The van der Waals surface area contributed by atoms with Crippen molar-refractivity contribution in [3.8, 4) is 0 Å². The zero-order chi connectivity index (χ0) is 12.9.